The maximum Gasteiger partial charge on any atom is 0.154 e. The summed E-state index contributed by atoms with van der Waals surface area (Å²) >= 11 is 0. The minimum Gasteiger partial charge on any atom is -0.225 e. The highest BCUT2D eigenvalue weighted by molar-refractivity contribution is 5.32. The van der Waals surface area contributed by atoms with Crippen LogP contribution < -0.4 is 0 Å². The molecule has 1 aromatic carbocycles. The van der Waals surface area contributed by atoms with Crippen LogP contribution in [-0.2, 0) is 6.54 Å². The molecule has 0 radical (unpaired) electrons. The number of hydrogen-bond donors (Lipinski definition) is 0. The first-order chi connectivity index (χ1) is 8.20. The van der Waals surface area contributed by atoms with E-state index in [1.807, 2.05) is 32.0 Å². The lowest BCUT2D eigenvalue weighted by Crippen LogP contribution is -2.08. The van der Waals surface area contributed by atoms with E-state index in [1.54, 1.807) is 10.7 Å². The van der Waals surface area contributed by atoms with Gasteiger partial charge in [-0.05, 0) is 28.1 Å². The van der Waals surface area contributed by atoms with E-state index < -0.39 is 0 Å². The molecule has 0 aliphatic heterocycles. The monoisotopic (exact) mass is 227 g/mol. The zero-order valence-corrected chi connectivity index (χ0v) is 9.83. The van der Waals surface area contributed by atoms with Crippen molar-refractivity contribution in [1.82, 2.24) is 20.2 Å². The second kappa shape index (κ2) is 4.74. The van der Waals surface area contributed by atoms with Crippen LogP contribution in [0, 0.1) is 11.3 Å². The Labute approximate surface area is 99.7 Å². The molecule has 0 saturated carbocycles. The molecule has 0 N–H and O–H groups in total. The van der Waals surface area contributed by atoms with Gasteiger partial charge in [0, 0.05) is 5.92 Å². The first kappa shape index (κ1) is 11.3. The van der Waals surface area contributed by atoms with Crippen molar-refractivity contribution in [2.75, 3.05) is 0 Å². The molecule has 2 aromatic rings. The minimum absolute atomic E-state index is 0.282. The van der Waals surface area contributed by atoms with Crippen LogP contribution >= 0.6 is 0 Å². The average Bonchev–Trinajstić information content (AvgIpc) is 2.77. The van der Waals surface area contributed by atoms with E-state index in [9.17, 15) is 0 Å². The number of rotatable bonds is 3. The van der Waals surface area contributed by atoms with E-state index in [4.69, 9.17) is 5.26 Å². The number of nitriles is 1. The Morgan fingerprint density at radius 1 is 1.41 bits per heavy atom. The Bertz CT molecular complexity index is 550. The summed E-state index contributed by atoms with van der Waals surface area (Å²) in [5.74, 6) is 1.14. The molecule has 0 amide bonds. The molecule has 1 heterocycles. The molecule has 0 fully saturated rings. The Hall–Kier alpha value is -2.22. The highest BCUT2D eigenvalue weighted by Crippen LogP contribution is 2.12. The van der Waals surface area contributed by atoms with Crippen molar-refractivity contribution in [1.29, 1.82) is 5.26 Å². The predicted octanol–water partition coefficient (Wildman–Crippen LogP) is 1.72. The molecule has 0 spiro atoms. The Kier molecular flexibility index (Phi) is 3.15. The van der Waals surface area contributed by atoms with Crippen LogP contribution in [0.5, 0.6) is 0 Å². The number of hydrogen-bond acceptors (Lipinski definition) is 4. The van der Waals surface area contributed by atoms with Gasteiger partial charge in [-0.1, -0.05) is 26.0 Å². The standard InChI is InChI=1S/C12H13N5/c1-9(2)12-14-15-16-17(12)8-11-5-3-4-10(6-11)7-13/h3-6,9H,8H2,1-2H3. The van der Waals surface area contributed by atoms with Gasteiger partial charge < -0.3 is 0 Å². The van der Waals surface area contributed by atoms with Gasteiger partial charge in [0.1, 0.15) is 0 Å². The van der Waals surface area contributed by atoms with Crippen LogP contribution in [0.3, 0.4) is 0 Å². The maximum absolute atomic E-state index is 8.83. The second-order valence-electron chi connectivity index (χ2n) is 4.16. The summed E-state index contributed by atoms with van der Waals surface area (Å²) in [6.45, 7) is 4.69. The molecule has 0 aliphatic carbocycles. The molecule has 0 unspecified atom stereocenters. The molecular formula is C12H13N5. The van der Waals surface area contributed by atoms with Crippen molar-refractivity contribution in [3.63, 3.8) is 0 Å². The van der Waals surface area contributed by atoms with Crippen LogP contribution in [0.2, 0.25) is 0 Å². The lowest BCUT2D eigenvalue weighted by Gasteiger charge is -2.06. The molecule has 86 valence electrons. The van der Waals surface area contributed by atoms with E-state index in [0.717, 1.165) is 11.4 Å². The summed E-state index contributed by atoms with van der Waals surface area (Å²) in [6.07, 6.45) is 0. The fourth-order valence-corrected chi connectivity index (χ4v) is 1.65. The first-order valence-corrected chi connectivity index (χ1v) is 5.46. The fourth-order valence-electron chi connectivity index (χ4n) is 1.65. The minimum atomic E-state index is 0.282. The predicted molar refractivity (Wildman–Crippen MR) is 62.2 cm³/mol. The topological polar surface area (TPSA) is 67.4 Å². The molecule has 1 aromatic heterocycles. The van der Waals surface area contributed by atoms with Crippen molar-refractivity contribution in [2.24, 2.45) is 0 Å². The number of nitrogens with zero attached hydrogens (tertiary/aromatic N) is 5. The molecule has 0 bridgehead atoms. The van der Waals surface area contributed by atoms with Crippen LogP contribution in [0.1, 0.15) is 36.7 Å². The third kappa shape index (κ3) is 2.48. The lowest BCUT2D eigenvalue weighted by molar-refractivity contribution is 0.596. The van der Waals surface area contributed by atoms with Gasteiger partial charge in [-0.15, -0.1) is 5.10 Å². The fraction of sp³-hybridized carbons (Fsp3) is 0.333. The third-order valence-corrected chi connectivity index (χ3v) is 2.46. The summed E-state index contributed by atoms with van der Waals surface area (Å²) in [6, 6.07) is 9.59. The summed E-state index contributed by atoms with van der Waals surface area (Å²) < 4.78 is 1.77. The Morgan fingerprint density at radius 2 is 2.24 bits per heavy atom. The highest BCUT2D eigenvalue weighted by Gasteiger charge is 2.10. The van der Waals surface area contributed by atoms with Crippen molar-refractivity contribution in [2.45, 2.75) is 26.3 Å². The van der Waals surface area contributed by atoms with Crippen LogP contribution in [0.25, 0.3) is 0 Å². The first-order valence-electron chi connectivity index (χ1n) is 5.46. The van der Waals surface area contributed by atoms with Crippen molar-refractivity contribution >= 4 is 0 Å². The Balaban J connectivity index is 2.26. The van der Waals surface area contributed by atoms with Crippen molar-refractivity contribution in [3.8, 4) is 6.07 Å². The zero-order chi connectivity index (χ0) is 12.3. The van der Waals surface area contributed by atoms with E-state index in [-0.39, 0.29) is 5.92 Å². The smallest absolute Gasteiger partial charge is 0.154 e. The maximum atomic E-state index is 8.83. The van der Waals surface area contributed by atoms with E-state index in [1.165, 1.54) is 0 Å². The normalized spacial score (nSPS) is 10.5. The quantitative estimate of drug-likeness (QED) is 0.800. The molecule has 0 atom stereocenters. The zero-order valence-electron chi connectivity index (χ0n) is 9.83. The molecule has 5 heteroatoms. The molecule has 0 aliphatic rings. The van der Waals surface area contributed by atoms with Crippen molar-refractivity contribution < 1.29 is 0 Å². The van der Waals surface area contributed by atoms with Gasteiger partial charge in [-0.2, -0.15) is 5.26 Å². The molecule has 5 nitrogen and oxygen atoms in total. The van der Waals surface area contributed by atoms with Crippen LogP contribution in [0.15, 0.2) is 24.3 Å². The molecular weight excluding hydrogens is 214 g/mol. The molecule has 2 rings (SSSR count). The van der Waals surface area contributed by atoms with Gasteiger partial charge in [0.25, 0.3) is 0 Å². The number of tetrazole rings is 1. The van der Waals surface area contributed by atoms with Gasteiger partial charge in [-0.3, -0.25) is 0 Å². The molecule has 0 saturated heterocycles. The lowest BCUT2D eigenvalue weighted by atomic mass is 10.1. The number of benzene rings is 1. The van der Waals surface area contributed by atoms with Gasteiger partial charge in [0.05, 0.1) is 18.2 Å². The van der Waals surface area contributed by atoms with Gasteiger partial charge >= 0.3 is 0 Å². The van der Waals surface area contributed by atoms with E-state index in [2.05, 4.69) is 21.6 Å². The highest BCUT2D eigenvalue weighted by atomic mass is 15.5. The molecule has 17 heavy (non-hydrogen) atoms. The van der Waals surface area contributed by atoms with Gasteiger partial charge in [0.15, 0.2) is 5.82 Å². The van der Waals surface area contributed by atoms with Gasteiger partial charge in [0.2, 0.25) is 0 Å². The summed E-state index contributed by atoms with van der Waals surface area (Å²) in [5.41, 5.74) is 1.68. The second-order valence-corrected chi connectivity index (χ2v) is 4.16. The van der Waals surface area contributed by atoms with Gasteiger partial charge in [-0.25, -0.2) is 4.68 Å². The average molecular weight is 227 g/mol. The summed E-state index contributed by atoms with van der Waals surface area (Å²) in [5, 5.41) is 20.5. The van der Waals surface area contributed by atoms with Crippen molar-refractivity contribution in [3.05, 3.63) is 41.2 Å². The SMILES string of the molecule is CC(C)c1nnnn1Cc1cccc(C#N)c1. The summed E-state index contributed by atoms with van der Waals surface area (Å²) in [7, 11) is 0. The van der Waals surface area contributed by atoms with Crippen LogP contribution in [0.4, 0.5) is 0 Å². The van der Waals surface area contributed by atoms with E-state index >= 15 is 0 Å². The van der Waals surface area contributed by atoms with Crippen LogP contribution in [-0.4, -0.2) is 20.2 Å². The van der Waals surface area contributed by atoms with E-state index in [0.29, 0.717) is 12.1 Å². The Morgan fingerprint density at radius 3 is 2.94 bits per heavy atom. The summed E-state index contributed by atoms with van der Waals surface area (Å²) in [4.78, 5) is 0. The largest absolute Gasteiger partial charge is 0.225 e. The number of aromatic nitrogens is 4. The third-order valence-electron chi connectivity index (χ3n) is 2.46.